The van der Waals surface area contributed by atoms with Crippen LogP contribution in [-0.4, -0.2) is 29.9 Å². The van der Waals surface area contributed by atoms with Gasteiger partial charge in [0.2, 0.25) is 0 Å². The molecule has 0 bridgehead atoms. The lowest BCUT2D eigenvalue weighted by Crippen LogP contribution is -2.32. The molecule has 126 heavy (non-hydrogen) atoms. The summed E-state index contributed by atoms with van der Waals surface area (Å²) in [6, 6.07) is 151. The van der Waals surface area contributed by atoms with E-state index in [0.717, 1.165) is 123 Å². The lowest BCUT2D eigenvalue weighted by molar-refractivity contribution is 0.436. The maximum atomic E-state index is 6.62. The number of nitrogens with zero attached hydrogens (tertiary/aromatic N) is 6. The summed E-state index contributed by atoms with van der Waals surface area (Å²) < 4.78 is 18.4. The second-order valence-corrected chi connectivity index (χ2v) is 34.6. The van der Waals surface area contributed by atoms with Gasteiger partial charge >= 0.3 is 0 Å². The first-order valence-electron chi connectivity index (χ1n) is 42.5. The Bertz CT molecular complexity index is 8000. The van der Waals surface area contributed by atoms with Crippen molar-refractivity contribution in [2.75, 3.05) is 0 Å². The van der Waals surface area contributed by atoms with Crippen molar-refractivity contribution in [3.63, 3.8) is 0 Å². The minimum atomic E-state index is -0.610. The molecule has 2 aliphatic heterocycles. The molecule has 0 saturated carbocycles. The highest BCUT2D eigenvalue weighted by molar-refractivity contribution is 7.26. The van der Waals surface area contributed by atoms with Crippen molar-refractivity contribution in [1.82, 2.24) is 29.9 Å². The fourth-order valence-corrected chi connectivity index (χ4v) is 22.6. The Labute approximate surface area is 735 Å². The number of aromatic nitrogens is 6. The molecule has 4 aliphatic rings. The Hall–Kier alpha value is -16.0. The second kappa shape index (κ2) is 29.4. The molecule has 10 heteroatoms. The van der Waals surface area contributed by atoms with Crippen molar-refractivity contribution in [2.45, 2.75) is 10.8 Å². The van der Waals surface area contributed by atoms with Crippen LogP contribution in [0.2, 0.25) is 0 Å². The molecule has 0 saturated heterocycles. The SMILES string of the molecule is c1ccc(-c2ccc(-c3nc(-c4cccc(-c5cccc6c5sc5ccccc56)c4)nc(-c4ccc5c(c4)C4(c6ccccc6Oc6ccccc64)c4ccccc4-5)n3)cc2)cc1.c1ccc(-c2ccc(-c3nc(-c4cccc(-c5cccc6c5sc5ccccc56)c4)nc(-c4cccc5c4-c4ccccc4C54c5ccccc5Oc5ccccc54)n3)cc2)cc1. The van der Waals surface area contributed by atoms with E-state index in [1.54, 1.807) is 0 Å². The van der Waals surface area contributed by atoms with Gasteiger partial charge in [0.25, 0.3) is 0 Å². The van der Waals surface area contributed by atoms with Gasteiger partial charge in [-0.2, -0.15) is 0 Å². The van der Waals surface area contributed by atoms with Crippen LogP contribution in [0, 0.1) is 0 Å². The molecule has 0 radical (unpaired) electrons. The molecule has 22 aromatic rings. The maximum Gasteiger partial charge on any atom is 0.164 e. The van der Waals surface area contributed by atoms with E-state index >= 15 is 0 Å². The molecule has 2 spiro atoms. The number of rotatable bonds is 10. The molecule has 0 atom stereocenters. The summed E-state index contributed by atoms with van der Waals surface area (Å²) in [4.78, 5) is 32.0. The molecule has 4 aromatic heterocycles. The molecule has 6 heterocycles. The lowest BCUT2D eigenvalue weighted by Gasteiger charge is -2.39. The van der Waals surface area contributed by atoms with Crippen molar-refractivity contribution in [3.8, 4) is 158 Å². The molecule has 588 valence electrons. The van der Waals surface area contributed by atoms with Crippen molar-refractivity contribution in [1.29, 1.82) is 0 Å². The van der Waals surface area contributed by atoms with E-state index in [1.807, 2.05) is 34.8 Å². The van der Waals surface area contributed by atoms with Crippen molar-refractivity contribution in [3.05, 3.63) is 469 Å². The number of fused-ring (bicyclic) bond motifs is 24. The van der Waals surface area contributed by atoms with Crippen LogP contribution in [-0.2, 0) is 10.8 Å². The number of para-hydroxylation sites is 4. The van der Waals surface area contributed by atoms with Crippen LogP contribution in [0.15, 0.2) is 425 Å². The standard InChI is InChI=1S/2C58H35N3OS/c1-2-15-36(16-3-1)37-31-33-38(34-32-37)55-59-56(40-18-12-17-39(35-40)41-21-13-22-43-42-19-5-11-30-52(42)63-54(41)43)61-57(60-55)45-23-14-27-49-53(45)44-20-4-6-24-46(44)58(49)47-25-7-9-28-50(47)62-51-29-10-8-26-48(51)58;1-2-14-36(15-3-1)37-28-30-38(31-29-37)55-59-56(40-17-12-16-39(34-40)42-20-13-21-46-45-19-5-11-27-53(45)63-54(42)46)61-57(60-55)41-32-33-44-43-18-4-6-22-47(43)58(50(44)35-41)48-23-7-9-25-51(48)62-52-26-10-8-24-49(52)58/h2*1-35H. The molecule has 8 nitrogen and oxygen atoms in total. The molecule has 0 N–H and O–H groups in total. The highest BCUT2D eigenvalue weighted by atomic mass is 32.1. The lowest BCUT2D eigenvalue weighted by atomic mass is 9.66. The zero-order chi connectivity index (χ0) is 83.0. The smallest absolute Gasteiger partial charge is 0.164 e. The van der Waals surface area contributed by atoms with Crippen LogP contribution in [0.3, 0.4) is 0 Å². The van der Waals surface area contributed by atoms with Gasteiger partial charge in [-0.15, -0.1) is 22.7 Å². The van der Waals surface area contributed by atoms with Crippen LogP contribution in [0.25, 0.3) is 175 Å². The third-order valence-electron chi connectivity index (χ3n) is 25.7. The number of hydrogen-bond acceptors (Lipinski definition) is 10. The van der Waals surface area contributed by atoms with E-state index in [4.69, 9.17) is 39.4 Å². The summed E-state index contributed by atoms with van der Waals surface area (Å²) in [5.74, 6) is 7.15. The van der Waals surface area contributed by atoms with E-state index in [-0.39, 0.29) is 0 Å². The summed E-state index contributed by atoms with van der Waals surface area (Å²) >= 11 is 3.68. The van der Waals surface area contributed by atoms with Gasteiger partial charge in [0, 0.05) is 96.0 Å². The quantitative estimate of drug-likeness (QED) is 0.134. The Morgan fingerprint density at radius 1 is 0.175 bits per heavy atom. The van der Waals surface area contributed by atoms with Crippen LogP contribution in [0.5, 0.6) is 23.0 Å². The first-order chi connectivity index (χ1) is 62.4. The minimum absolute atomic E-state index is 0.610. The average Bonchev–Trinajstić information content (AvgIpc) is 1.51. The van der Waals surface area contributed by atoms with Crippen LogP contribution in [0.1, 0.15) is 44.5 Å². The van der Waals surface area contributed by atoms with Gasteiger partial charge in [-0.3, -0.25) is 0 Å². The summed E-state index contributed by atoms with van der Waals surface area (Å²) in [6.45, 7) is 0. The van der Waals surface area contributed by atoms with Gasteiger partial charge in [-0.25, -0.2) is 29.9 Å². The Morgan fingerprint density at radius 2 is 0.468 bits per heavy atom. The Kier molecular flexibility index (Phi) is 17.0. The predicted octanol–water partition coefficient (Wildman–Crippen LogP) is 30.1. The summed E-state index contributed by atoms with van der Waals surface area (Å²) in [7, 11) is 0. The molecule has 0 fully saturated rings. The third-order valence-corrected chi connectivity index (χ3v) is 28.1. The predicted molar refractivity (Wildman–Crippen MR) is 515 cm³/mol. The van der Waals surface area contributed by atoms with Gasteiger partial charge in [-0.05, 0) is 144 Å². The van der Waals surface area contributed by atoms with Crippen molar-refractivity contribution >= 4 is 63.0 Å². The van der Waals surface area contributed by atoms with Gasteiger partial charge in [0.05, 0.1) is 10.8 Å². The first kappa shape index (κ1) is 72.8. The molecule has 0 amide bonds. The fourth-order valence-electron chi connectivity index (χ4n) is 20.1. The van der Waals surface area contributed by atoms with Crippen LogP contribution < -0.4 is 9.47 Å². The number of thiophene rings is 2. The maximum absolute atomic E-state index is 6.62. The highest BCUT2D eigenvalue weighted by Gasteiger charge is 2.53. The van der Waals surface area contributed by atoms with Gasteiger partial charge < -0.3 is 9.47 Å². The zero-order valence-corrected chi connectivity index (χ0v) is 69.4. The van der Waals surface area contributed by atoms with Crippen molar-refractivity contribution < 1.29 is 9.47 Å². The summed E-state index contributed by atoms with van der Waals surface area (Å²) in [6.07, 6.45) is 0. The van der Waals surface area contributed by atoms with E-state index in [9.17, 15) is 0 Å². The van der Waals surface area contributed by atoms with Crippen LogP contribution >= 0.6 is 22.7 Å². The molecular weight excluding hydrogens is 1570 g/mol. The van der Waals surface area contributed by atoms with Crippen LogP contribution in [0.4, 0.5) is 0 Å². The van der Waals surface area contributed by atoms with Crippen molar-refractivity contribution in [2.24, 2.45) is 0 Å². The minimum Gasteiger partial charge on any atom is -0.457 e. The average molecular weight is 1640 g/mol. The van der Waals surface area contributed by atoms with Gasteiger partial charge in [0.15, 0.2) is 34.9 Å². The zero-order valence-electron chi connectivity index (χ0n) is 67.7. The molecule has 2 aliphatic carbocycles. The largest absolute Gasteiger partial charge is 0.457 e. The topological polar surface area (TPSA) is 95.8 Å². The Morgan fingerprint density at radius 3 is 0.952 bits per heavy atom. The number of hydrogen-bond donors (Lipinski definition) is 0. The van der Waals surface area contributed by atoms with E-state index in [2.05, 4.69) is 413 Å². The molecular formula is C116H70N6O2S2. The summed E-state index contributed by atoms with van der Waals surface area (Å²) in [5, 5.41) is 5.11. The van der Waals surface area contributed by atoms with E-state index in [0.29, 0.717) is 34.9 Å². The molecule has 18 aromatic carbocycles. The fraction of sp³-hybridized carbons (Fsp3) is 0.0172. The number of benzene rings is 18. The monoisotopic (exact) mass is 1640 g/mol. The second-order valence-electron chi connectivity index (χ2n) is 32.5. The highest BCUT2D eigenvalue weighted by Crippen LogP contribution is 2.65. The molecule has 0 unspecified atom stereocenters. The third kappa shape index (κ3) is 11.6. The normalized spacial score (nSPS) is 13.0. The number of ether oxygens (including phenoxy) is 2. The van der Waals surface area contributed by atoms with E-state index < -0.39 is 10.8 Å². The first-order valence-corrected chi connectivity index (χ1v) is 44.1. The molecule has 26 rings (SSSR count). The summed E-state index contributed by atoms with van der Waals surface area (Å²) in [5.41, 5.74) is 27.5. The van der Waals surface area contributed by atoms with E-state index in [1.165, 1.54) is 84.9 Å². The Balaban J connectivity index is 0.000000137. The van der Waals surface area contributed by atoms with Gasteiger partial charge in [-0.1, -0.05) is 370 Å². The van der Waals surface area contributed by atoms with Gasteiger partial charge in [0.1, 0.15) is 23.0 Å².